The molecule has 0 aliphatic carbocycles. The molecule has 2 N–H and O–H groups in total. The highest BCUT2D eigenvalue weighted by Gasteiger charge is 2.18. The summed E-state index contributed by atoms with van der Waals surface area (Å²) in [6.07, 6.45) is 8.21. The van der Waals surface area contributed by atoms with Crippen molar-refractivity contribution in [1.82, 2.24) is 9.88 Å². The third-order valence-electron chi connectivity index (χ3n) is 4.91. The van der Waals surface area contributed by atoms with E-state index in [0.717, 1.165) is 30.8 Å². The lowest BCUT2D eigenvalue weighted by Crippen LogP contribution is -2.39. The molecule has 188 valence electrons. The van der Waals surface area contributed by atoms with Gasteiger partial charge in [-0.05, 0) is 43.6 Å². The minimum atomic E-state index is -1.26. The molecule has 1 aliphatic rings. The van der Waals surface area contributed by atoms with E-state index in [4.69, 9.17) is 31.4 Å². The third-order valence-corrected chi connectivity index (χ3v) is 5.20. The fraction of sp³-hybridized carbons (Fsp3) is 0.360. The van der Waals surface area contributed by atoms with Crippen LogP contribution < -0.4 is 0 Å². The molecule has 2 heterocycles. The number of hydrogen-bond donors (Lipinski definition) is 2. The second-order valence-corrected chi connectivity index (χ2v) is 8.07. The van der Waals surface area contributed by atoms with E-state index < -0.39 is 11.9 Å². The Kier molecular flexibility index (Phi) is 13.1. The topological polar surface area (TPSA) is 122 Å². The number of ether oxygens (including phenoxy) is 1. The molecule has 0 spiro atoms. The second-order valence-electron chi connectivity index (χ2n) is 7.71. The number of oxime groups is 1. The second kappa shape index (κ2) is 16.4. The van der Waals surface area contributed by atoms with Crippen molar-refractivity contribution in [2.24, 2.45) is 5.16 Å². The van der Waals surface area contributed by atoms with E-state index in [1.54, 1.807) is 12.4 Å². The summed E-state index contributed by atoms with van der Waals surface area (Å²) in [4.78, 5) is 31.1. The first-order chi connectivity index (χ1) is 16.9. The number of benzene rings is 1. The predicted octanol–water partition coefficient (Wildman–Crippen LogP) is 3.78. The summed E-state index contributed by atoms with van der Waals surface area (Å²) in [5, 5.41) is 19.9. The van der Waals surface area contributed by atoms with Crippen LogP contribution in [0.5, 0.6) is 0 Å². The van der Waals surface area contributed by atoms with Gasteiger partial charge in [-0.2, -0.15) is 0 Å². The number of pyridine rings is 1. The van der Waals surface area contributed by atoms with Crippen molar-refractivity contribution in [2.45, 2.75) is 32.0 Å². The summed E-state index contributed by atoms with van der Waals surface area (Å²) in [6.45, 7) is 3.99. The fourth-order valence-corrected chi connectivity index (χ4v) is 3.39. The number of nitrogens with zero attached hydrogens (tertiary/aromatic N) is 3. The molecule has 1 fully saturated rings. The maximum Gasteiger partial charge on any atom is 0.328 e. The van der Waals surface area contributed by atoms with Gasteiger partial charge in [0.25, 0.3) is 0 Å². The molecule has 10 heteroatoms. The number of piperidine rings is 1. The Hall–Kier alpha value is -3.27. The van der Waals surface area contributed by atoms with Crippen LogP contribution in [0.15, 0.2) is 72.2 Å². The standard InChI is InChI=1S/C21H26ClN3O2.C4H4O4/c22-21(19-10-7-11-23-14-19)24-27-17-20(15-25-12-5-2-6-13-25)26-16-18-8-3-1-4-9-18;5-3(6)1-2-4(7)8/h1,3-4,7-11,14,20H,2,5-6,12-13,15-17H2;1-2H,(H,5,6)(H,7,8). The van der Waals surface area contributed by atoms with Crippen LogP contribution >= 0.6 is 11.6 Å². The lowest BCUT2D eigenvalue weighted by atomic mass is 10.1. The number of carboxylic acids is 2. The molecule has 1 aliphatic heterocycles. The van der Waals surface area contributed by atoms with Gasteiger partial charge in [-0.1, -0.05) is 53.5 Å². The molecule has 0 radical (unpaired) electrons. The van der Waals surface area contributed by atoms with Crippen LogP contribution in [-0.2, 0) is 25.8 Å². The van der Waals surface area contributed by atoms with Gasteiger partial charge >= 0.3 is 11.9 Å². The van der Waals surface area contributed by atoms with E-state index in [2.05, 4.69) is 27.2 Å². The van der Waals surface area contributed by atoms with Crippen molar-refractivity contribution in [3.05, 3.63) is 78.1 Å². The van der Waals surface area contributed by atoms with E-state index in [1.165, 1.54) is 19.3 Å². The lowest BCUT2D eigenvalue weighted by Gasteiger charge is -2.30. The van der Waals surface area contributed by atoms with Gasteiger partial charge in [0.2, 0.25) is 0 Å². The Morgan fingerprint density at radius 2 is 1.74 bits per heavy atom. The lowest BCUT2D eigenvalue weighted by molar-refractivity contribution is -0.134. The summed E-state index contributed by atoms with van der Waals surface area (Å²) in [5.41, 5.74) is 1.88. The summed E-state index contributed by atoms with van der Waals surface area (Å²) in [5.74, 6) is -2.51. The monoisotopic (exact) mass is 503 g/mol. The molecule has 0 saturated carbocycles. The zero-order valence-corrected chi connectivity index (χ0v) is 20.1. The largest absolute Gasteiger partial charge is 0.478 e. The van der Waals surface area contributed by atoms with Crippen LogP contribution in [0.2, 0.25) is 0 Å². The minimum Gasteiger partial charge on any atom is -0.478 e. The summed E-state index contributed by atoms with van der Waals surface area (Å²) in [7, 11) is 0. The first kappa shape index (κ1) is 28.0. The number of hydrogen-bond acceptors (Lipinski definition) is 7. The zero-order valence-electron chi connectivity index (χ0n) is 19.3. The van der Waals surface area contributed by atoms with Crippen LogP contribution in [0.1, 0.15) is 30.4 Å². The molecule has 1 aromatic carbocycles. The normalized spacial score (nSPS) is 15.2. The van der Waals surface area contributed by atoms with E-state index in [-0.39, 0.29) is 6.10 Å². The summed E-state index contributed by atoms with van der Waals surface area (Å²) >= 11 is 6.19. The average molecular weight is 504 g/mol. The van der Waals surface area contributed by atoms with E-state index >= 15 is 0 Å². The number of carbonyl (C=O) groups is 2. The maximum atomic E-state index is 9.55. The fourth-order valence-electron chi connectivity index (χ4n) is 3.23. The molecule has 1 aromatic heterocycles. The Balaban J connectivity index is 0.000000466. The molecular formula is C25H30ClN3O6. The summed E-state index contributed by atoms with van der Waals surface area (Å²) in [6, 6.07) is 13.8. The minimum absolute atomic E-state index is 0.0644. The van der Waals surface area contributed by atoms with E-state index in [1.807, 2.05) is 30.3 Å². The SMILES string of the molecule is ClC(=NOCC(CN1CCCCC1)OCc1ccccc1)c1cccnc1.O=C(O)C=CC(=O)O. The highest BCUT2D eigenvalue weighted by molar-refractivity contribution is 6.69. The first-order valence-electron chi connectivity index (χ1n) is 11.2. The van der Waals surface area contributed by atoms with Gasteiger partial charge in [-0.25, -0.2) is 9.59 Å². The van der Waals surface area contributed by atoms with Gasteiger partial charge < -0.3 is 24.7 Å². The molecule has 2 aromatic rings. The van der Waals surface area contributed by atoms with Crippen molar-refractivity contribution in [2.75, 3.05) is 26.2 Å². The number of likely N-dealkylation sites (tertiary alicyclic amines) is 1. The Labute approximate surface area is 209 Å². The van der Waals surface area contributed by atoms with Gasteiger partial charge in [0.15, 0.2) is 5.17 Å². The van der Waals surface area contributed by atoms with E-state index in [0.29, 0.717) is 30.5 Å². The van der Waals surface area contributed by atoms with Crippen LogP contribution in [0.25, 0.3) is 0 Å². The van der Waals surface area contributed by atoms with Crippen LogP contribution in [-0.4, -0.2) is 69.6 Å². The van der Waals surface area contributed by atoms with Crippen molar-refractivity contribution in [3.63, 3.8) is 0 Å². The number of rotatable bonds is 11. The molecule has 9 nitrogen and oxygen atoms in total. The average Bonchev–Trinajstić information content (AvgIpc) is 2.88. The smallest absolute Gasteiger partial charge is 0.328 e. The van der Waals surface area contributed by atoms with Gasteiger partial charge in [-0.15, -0.1) is 0 Å². The van der Waals surface area contributed by atoms with Gasteiger partial charge in [0.1, 0.15) is 12.7 Å². The molecule has 0 amide bonds. The molecule has 1 atom stereocenters. The van der Waals surface area contributed by atoms with Gasteiger partial charge in [0, 0.05) is 36.7 Å². The Bertz CT molecular complexity index is 934. The molecule has 3 rings (SSSR count). The van der Waals surface area contributed by atoms with Crippen LogP contribution in [0, 0.1) is 0 Å². The molecule has 0 bridgehead atoms. The highest BCUT2D eigenvalue weighted by Crippen LogP contribution is 2.12. The first-order valence-corrected chi connectivity index (χ1v) is 11.6. The summed E-state index contributed by atoms with van der Waals surface area (Å²) < 4.78 is 6.13. The van der Waals surface area contributed by atoms with Crippen LogP contribution in [0.3, 0.4) is 0 Å². The Morgan fingerprint density at radius 3 is 2.34 bits per heavy atom. The van der Waals surface area contributed by atoms with Gasteiger partial charge in [0.05, 0.1) is 6.61 Å². The third kappa shape index (κ3) is 12.7. The van der Waals surface area contributed by atoms with E-state index in [9.17, 15) is 9.59 Å². The molecular weight excluding hydrogens is 474 g/mol. The van der Waals surface area contributed by atoms with Gasteiger partial charge in [-0.3, -0.25) is 4.98 Å². The number of carboxylic acid groups (broad SMARTS) is 2. The quantitative estimate of drug-likeness (QED) is 0.270. The number of aliphatic carboxylic acids is 2. The van der Waals surface area contributed by atoms with Crippen molar-refractivity contribution >= 4 is 28.7 Å². The molecule has 1 saturated heterocycles. The predicted molar refractivity (Wildman–Crippen MR) is 132 cm³/mol. The van der Waals surface area contributed by atoms with Crippen molar-refractivity contribution in [1.29, 1.82) is 0 Å². The van der Waals surface area contributed by atoms with Crippen LogP contribution in [0.4, 0.5) is 0 Å². The maximum absolute atomic E-state index is 9.55. The van der Waals surface area contributed by atoms with Crippen molar-refractivity contribution < 1.29 is 29.4 Å². The number of halogens is 1. The zero-order chi connectivity index (χ0) is 25.3. The number of aromatic nitrogens is 1. The highest BCUT2D eigenvalue weighted by atomic mass is 35.5. The molecule has 1 unspecified atom stereocenters. The molecule has 35 heavy (non-hydrogen) atoms. The Morgan fingerprint density at radius 1 is 1.06 bits per heavy atom. The van der Waals surface area contributed by atoms with Crippen molar-refractivity contribution in [3.8, 4) is 0 Å².